The van der Waals surface area contributed by atoms with Crippen LogP contribution in [0.15, 0.2) is 66.7 Å². The molecule has 3 aromatic rings. The van der Waals surface area contributed by atoms with Crippen LogP contribution in [0.4, 0.5) is 8.78 Å². The first-order valence-electron chi connectivity index (χ1n) is 7.83. The van der Waals surface area contributed by atoms with E-state index in [1.54, 1.807) is 30.3 Å². The number of rotatable bonds is 5. The number of benzene rings is 3. The quantitative estimate of drug-likeness (QED) is 0.594. The molecule has 0 bridgehead atoms. The maximum atomic E-state index is 14.3. The Kier molecular flexibility index (Phi) is 4.89. The van der Waals surface area contributed by atoms with Crippen molar-refractivity contribution < 1.29 is 23.1 Å². The lowest BCUT2D eigenvalue weighted by atomic mass is 10.0. The molecule has 0 aliphatic carbocycles. The van der Waals surface area contributed by atoms with Crippen molar-refractivity contribution in [1.82, 2.24) is 0 Å². The van der Waals surface area contributed by atoms with Crippen LogP contribution in [0.3, 0.4) is 0 Å². The minimum Gasteiger partial charge on any atom is -0.457 e. The van der Waals surface area contributed by atoms with E-state index >= 15 is 0 Å². The topological polar surface area (TPSA) is 43.4 Å². The maximum Gasteiger partial charge on any atom is 0.198 e. The van der Waals surface area contributed by atoms with Gasteiger partial charge in [0.15, 0.2) is 11.6 Å². The Morgan fingerprint density at radius 3 is 1.88 bits per heavy atom. The number of ether oxygens (including phenoxy) is 1. The van der Waals surface area contributed by atoms with Crippen molar-refractivity contribution in [2.45, 2.75) is 6.92 Å². The fraction of sp³-hybridized carbons (Fsp3) is 0.0476. The number of hydrogen-bond acceptors (Lipinski definition) is 3. The normalized spacial score (nSPS) is 10.4. The van der Waals surface area contributed by atoms with Crippen LogP contribution in [-0.2, 0) is 0 Å². The predicted octanol–water partition coefficient (Wildman–Crippen LogP) is 5.19. The summed E-state index contributed by atoms with van der Waals surface area (Å²) in [5.41, 5.74) is 0.0628. The highest BCUT2D eigenvalue weighted by Gasteiger charge is 2.20. The number of hydrogen-bond donors (Lipinski definition) is 0. The fourth-order valence-electron chi connectivity index (χ4n) is 2.45. The average Bonchev–Trinajstić information content (AvgIpc) is 2.62. The zero-order valence-electron chi connectivity index (χ0n) is 13.8. The molecule has 0 unspecified atom stereocenters. The van der Waals surface area contributed by atoms with Crippen molar-refractivity contribution in [2.75, 3.05) is 0 Å². The SMILES string of the molecule is CC(=O)c1ccc(Oc2cc(F)c(C(=O)c3ccccc3)c(F)c2)cc1. The van der Waals surface area contributed by atoms with Gasteiger partial charge in [0, 0.05) is 23.3 Å². The fourth-order valence-corrected chi connectivity index (χ4v) is 2.45. The lowest BCUT2D eigenvalue weighted by Crippen LogP contribution is -2.07. The number of Topliss-reactive ketones (excluding diaryl/α,β-unsaturated/α-hetero) is 1. The second kappa shape index (κ2) is 7.27. The molecule has 0 spiro atoms. The summed E-state index contributed by atoms with van der Waals surface area (Å²) in [7, 11) is 0. The summed E-state index contributed by atoms with van der Waals surface area (Å²) < 4.78 is 34.1. The Morgan fingerprint density at radius 2 is 1.35 bits per heavy atom. The van der Waals surface area contributed by atoms with E-state index in [4.69, 9.17) is 4.74 Å². The first kappa shape index (κ1) is 17.5. The molecule has 3 rings (SSSR count). The van der Waals surface area contributed by atoms with Gasteiger partial charge in [-0.15, -0.1) is 0 Å². The monoisotopic (exact) mass is 352 g/mol. The molecule has 0 heterocycles. The first-order chi connectivity index (χ1) is 12.5. The Hall–Kier alpha value is -3.34. The second-order valence-corrected chi connectivity index (χ2v) is 5.64. The molecule has 0 saturated heterocycles. The summed E-state index contributed by atoms with van der Waals surface area (Å²) >= 11 is 0. The van der Waals surface area contributed by atoms with Crippen molar-refractivity contribution >= 4 is 11.6 Å². The van der Waals surface area contributed by atoms with Crippen molar-refractivity contribution in [2.24, 2.45) is 0 Å². The molecule has 3 nitrogen and oxygen atoms in total. The summed E-state index contributed by atoms with van der Waals surface area (Å²) in [4.78, 5) is 23.6. The minimum absolute atomic E-state index is 0.0832. The number of carbonyl (C=O) groups excluding carboxylic acids is 2. The molecule has 0 amide bonds. The van der Waals surface area contributed by atoms with Gasteiger partial charge in [-0.1, -0.05) is 30.3 Å². The van der Waals surface area contributed by atoms with Crippen molar-refractivity contribution in [1.29, 1.82) is 0 Å². The van der Waals surface area contributed by atoms with Gasteiger partial charge in [-0.3, -0.25) is 9.59 Å². The van der Waals surface area contributed by atoms with Crippen molar-refractivity contribution in [3.63, 3.8) is 0 Å². The summed E-state index contributed by atoms with van der Waals surface area (Å²) in [5, 5.41) is 0. The highest BCUT2D eigenvalue weighted by molar-refractivity contribution is 6.09. The van der Waals surface area contributed by atoms with Crippen LogP contribution in [-0.4, -0.2) is 11.6 Å². The predicted molar refractivity (Wildman–Crippen MR) is 92.8 cm³/mol. The molecule has 0 aliphatic rings. The molecule has 0 atom stereocenters. The van der Waals surface area contributed by atoms with Crippen LogP contribution in [0.25, 0.3) is 0 Å². The molecule has 0 saturated carbocycles. The lowest BCUT2D eigenvalue weighted by molar-refractivity contribution is 0.101. The van der Waals surface area contributed by atoms with Crippen LogP contribution >= 0.6 is 0 Å². The number of halogens is 2. The highest BCUT2D eigenvalue weighted by atomic mass is 19.1. The minimum atomic E-state index is -1.01. The van der Waals surface area contributed by atoms with Crippen LogP contribution in [0.1, 0.15) is 33.2 Å². The summed E-state index contributed by atoms with van der Waals surface area (Å²) in [6.07, 6.45) is 0. The van der Waals surface area contributed by atoms with Crippen LogP contribution in [0.2, 0.25) is 0 Å². The smallest absolute Gasteiger partial charge is 0.198 e. The molecule has 0 aromatic heterocycles. The standard InChI is InChI=1S/C21H14F2O3/c1-13(24)14-7-9-16(10-8-14)26-17-11-18(22)20(19(23)12-17)21(25)15-5-3-2-4-6-15/h2-12H,1H3. The average molecular weight is 352 g/mol. The zero-order valence-corrected chi connectivity index (χ0v) is 13.8. The summed E-state index contributed by atoms with van der Waals surface area (Å²) in [5.74, 6) is -2.62. The largest absolute Gasteiger partial charge is 0.457 e. The van der Waals surface area contributed by atoms with E-state index in [0.717, 1.165) is 12.1 Å². The molecule has 0 N–H and O–H groups in total. The van der Waals surface area contributed by atoms with E-state index in [-0.39, 0.29) is 17.1 Å². The Bertz CT molecular complexity index is 941. The Morgan fingerprint density at radius 1 is 0.769 bits per heavy atom. The van der Waals surface area contributed by atoms with E-state index < -0.39 is 23.0 Å². The van der Waals surface area contributed by atoms with E-state index in [1.165, 1.54) is 31.2 Å². The molecule has 0 radical (unpaired) electrons. The first-order valence-corrected chi connectivity index (χ1v) is 7.83. The molecule has 5 heteroatoms. The van der Waals surface area contributed by atoms with E-state index in [9.17, 15) is 18.4 Å². The van der Waals surface area contributed by atoms with E-state index in [1.807, 2.05) is 0 Å². The third kappa shape index (κ3) is 3.67. The van der Waals surface area contributed by atoms with Gasteiger partial charge in [0.1, 0.15) is 23.1 Å². The molecule has 26 heavy (non-hydrogen) atoms. The second-order valence-electron chi connectivity index (χ2n) is 5.64. The van der Waals surface area contributed by atoms with Crippen molar-refractivity contribution in [3.05, 3.63) is 95.1 Å². The molecule has 0 aliphatic heterocycles. The van der Waals surface area contributed by atoms with Gasteiger partial charge in [0.25, 0.3) is 0 Å². The molecule has 3 aromatic carbocycles. The van der Waals surface area contributed by atoms with Crippen LogP contribution in [0, 0.1) is 11.6 Å². The zero-order chi connectivity index (χ0) is 18.7. The highest BCUT2D eigenvalue weighted by Crippen LogP contribution is 2.27. The van der Waals surface area contributed by atoms with E-state index in [2.05, 4.69) is 0 Å². The summed E-state index contributed by atoms with van der Waals surface area (Å²) in [6.45, 7) is 1.43. The Labute approximate surface area is 148 Å². The van der Waals surface area contributed by atoms with Gasteiger partial charge < -0.3 is 4.74 Å². The summed E-state index contributed by atoms with van der Waals surface area (Å²) in [6, 6.07) is 16.0. The van der Waals surface area contributed by atoms with E-state index in [0.29, 0.717) is 11.3 Å². The molecular weight excluding hydrogens is 338 g/mol. The van der Waals surface area contributed by atoms with Gasteiger partial charge in [0.05, 0.1) is 5.56 Å². The lowest BCUT2D eigenvalue weighted by Gasteiger charge is -2.09. The van der Waals surface area contributed by atoms with Gasteiger partial charge in [-0.05, 0) is 31.2 Å². The number of carbonyl (C=O) groups is 2. The van der Waals surface area contributed by atoms with Crippen molar-refractivity contribution in [3.8, 4) is 11.5 Å². The van der Waals surface area contributed by atoms with Gasteiger partial charge in [0.2, 0.25) is 0 Å². The van der Waals surface area contributed by atoms with Gasteiger partial charge in [-0.25, -0.2) is 8.78 Å². The third-order valence-electron chi connectivity index (χ3n) is 3.78. The molecule has 130 valence electrons. The molecule has 0 fully saturated rings. The number of ketones is 2. The Balaban J connectivity index is 1.87. The van der Waals surface area contributed by atoms with Crippen LogP contribution in [0.5, 0.6) is 11.5 Å². The van der Waals surface area contributed by atoms with Gasteiger partial charge in [-0.2, -0.15) is 0 Å². The third-order valence-corrected chi connectivity index (χ3v) is 3.78. The molecular formula is C21H14F2O3. The van der Waals surface area contributed by atoms with Gasteiger partial charge >= 0.3 is 0 Å². The van der Waals surface area contributed by atoms with Crippen LogP contribution < -0.4 is 4.74 Å². The maximum absolute atomic E-state index is 14.3.